The van der Waals surface area contributed by atoms with Gasteiger partial charge < -0.3 is 5.32 Å². The van der Waals surface area contributed by atoms with Crippen molar-refractivity contribution in [2.75, 3.05) is 5.32 Å². The maximum absolute atomic E-state index is 12.7. The summed E-state index contributed by atoms with van der Waals surface area (Å²) in [5.41, 5.74) is 3.11. The van der Waals surface area contributed by atoms with Crippen molar-refractivity contribution < 1.29 is 13.2 Å². The number of benzene rings is 2. The number of carbonyl (C=O) groups excluding carboxylic acids is 1. The molecule has 25 heavy (non-hydrogen) atoms. The zero-order chi connectivity index (χ0) is 18.0. The van der Waals surface area contributed by atoms with Crippen molar-refractivity contribution in [1.29, 1.82) is 0 Å². The van der Waals surface area contributed by atoms with Crippen LogP contribution in [0.4, 0.5) is 5.69 Å². The fourth-order valence-corrected chi connectivity index (χ4v) is 5.35. The highest BCUT2D eigenvalue weighted by Crippen LogP contribution is 2.30. The van der Waals surface area contributed by atoms with Crippen LogP contribution in [0.15, 0.2) is 47.4 Å². The summed E-state index contributed by atoms with van der Waals surface area (Å²) < 4.78 is 25.4. The molecule has 5 heteroatoms. The number of amides is 1. The van der Waals surface area contributed by atoms with Crippen molar-refractivity contribution in [1.82, 2.24) is 0 Å². The zero-order valence-corrected chi connectivity index (χ0v) is 15.4. The van der Waals surface area contributed by atoms with Gasteiger partial charge in [-0.2, -0.15) is 0 Å². The minimum atomic E-state index is -3.33. The predicted octanol–water partition coefficient (Wildman–Crippen LogP) is 4.27. The Bertz CT molecular complexity index is 877. The fraction of sp³-hybridized carbons (Fsp3) is 0.350. The van der Waals surface area contributed by atoms with Crippen molar-refractivity contribution in [3.05, 3.63) is 59.2 Å². The number of aryl methyl sites for hydroxylation is 2. The highest BCUT2D eigenvalue weighted by atomic mass is 32.2. The maximum Gasteiger partial charge on any atom is 0.255 e. The molecule has 1 fully saturated rings. The van der Waals surface area contributed by atoms with Gasteiger partial charge in [-0.3, -0.25) is 4.79 Å². The molecule has 3 rings (SSSR count). The first-order valence-corrected chi connectivity index (χ1v) is 10.1. The zero-order valence-electron chi connectivity index (χ0n) is 14.6. The molecule has 1 aliphatic carbocycles. The van der Waals surface area contributed by atoms with Crippen LogP contribution in [-0.4, -0.2) is 19.6 Å². The van der Waals surface area contributed by atoms with E-state index >= 15 is 0 Å². The van der Waals surface area contributed by atoms with E-state index in [0.717, 1.165) is 36.8 Å². The number of hydrogen-bond acceptors (Lipinski definition) is 3. The summed E-state index contributed by atoms with van der Waals surface area (Å²) in [6.45, 7) is 3.89. The second-order valence-corrected chi connectivity index (χ2v) is 9.04. The number of rotatable bonds is 4. The van der Waals surface area contributed by atoms with E-state index in [9.17, 15) is 13.2 Å². The van der Waals surface area contributed by atoms with Crippen molar-refractivity contribution in [3.8, 4) is 0 Å². The first-order chi connectivity index (χ1) is 11.9. The minimum absolute atomic E-state index is 0.234. The molecule has 0 aromatic heterocycles. The summed E-state index contributed by atoms with van der Waals surface area (Å²) in [4.78, 5) is 12.8. The highest BCUT2D eigenvalue weighted by molar-refractivity contribution is 7.92. The second kappa shape index (κ2) is 7.00. The lowest BCUT2D eigenvalue weighted by Crippen LogP contribution is -2.18. The standard InChI is InChI=1S/C20H23NO3S/c1-14-10-15(2)12-16(11-14)20(22)21-17-6-5-9-19(13-17)25(23,24)18-7-3-4-8-18/h5-6,9-13,18H,3-4,7-8H2,1-2H3,(H,21,22). The van der Waals surface area contributed by atoms with E-state index in [1.165, 1.54) is 0 Å². The lowest BCUT2D eigenvalue weighted by atomic mass is 10.1. The predicted molar refractivity (Wildman–Crippen MR) is 99.8 cm³/mol. The third-order valence-electron chi connectivity index (χ3n) is 4.65. The van der Waals surface area contributed by atoms with E-state index < -0.39 is 9.84 Å². The average Bonchev–Trinajstić information content (AvgIpc) is 3.09. The van der Waals surface area contributed by atoms with E-state index in [1.807, 2.05) is 32.0 Å². The van der Waals surface area contributed by atoms with Gasteiger partial charge in [-0.05, 0) is 57.0 Å². The smallest absolute Gasteiger partial charge is 0.255 e. The molecule has 0 atom stereocenters. The summed E-state index contributed by atoms with van der Waals surface area (Å²) in [5.74, 6) is -0.234. The molecule has 0 bridgehead atoms. The van der Waals surface area contributed by atoms with E-state index in [4.69, 9.17) is 0 Å². The lowest BCUT2D eigenvalue weighted by Gasteiger charge is -2.13. The highest BCUT2D eigenvalue weighted by Gasteiger charge is 2.30. The number of hydrogen-bond donors (Lipinski definition) is 1. The largest absolute Gasteiger partial charge is 0.322 e. The molecule has 1 saturated carbocycles. The average molecular weight is 357 g/mol. The molecule has 2 aromatic carbocycles. The molecule has 132 valence electrons. The normalized spacial score (nSPS) is 15.3. The van der Waals surface area contributed by atoms with Gasteiger partial charge in [0.1, 0.15) is 0 Å². The first kappa shape index (κ1) is 17.7. The molecular formula is C20H23NO3S. The Morgan fingerprint density at radius 2 is 1.64 bits per heavy atom. The molecule has 0 saturated heterocycles. The molecule has 1 N–H and O–H groups in total. The Kier molecular flexibility index (Phi) is 4.95. The minimum Gasteiger partial charge on any atom is -0.322 e. The van der Waals surface area contributed by atoms with Gasteiger partial charge in [-0.15, -0.1) is 0 Å². The van der Waals surface area contributed by atoms with Crippen LogP contribution < -0.4 is 5.32 Å². The topological polar surface area (TPSA) is 63.2 Å². The van der Waals surface area contributed by atoms with Gasteiger partial charge in [-0.25, -0.2) is 8.42 Å². The van der Waals surface area contributed by atoms with Crippen LogP contribution in [0.1, 0.15) is 47.2 Å². The van der Waals surface area contributed by atoms with Gasteiger partial charge >= 0.3 is 0 Å². The summed E-state index contributed by atoms with van der Waals surface area (Å²) in [5, 5.41) is 2.52. The summed E-state index contributed by atoms with van der Waals surface area (Å²) in [7, 11) is -3.33. The number of carbonyl (C=O) groups is 1. The van der Waals surface area contributed by atoms with Crippen molar-refractivity contribution in [2.45, 2.75) is 49.7 Å². The number of sulfone groups is 1. The van der Waals surface area contributed by atoms with E-state index in [-0.39, 0.29) is 16.1 Å². The first-order valence-electron chi connectivity index (χ1n) is 8.60. The van der Waals surface area contributed by atoms with Crippen LogP contribution in [0.3, 0.4) is 0 Å². The SMILES string of the molecule is Cc1cc(C)cc(C(=O)Nc2cccc(S(=O)(=O)C3CCCC3)c2)c1. The quantitative estimate of drug-likeness (QED) is 0.889. The second-order valence-electron chi connectivity index (χ2n) is 6.81. The summed E-state index contributed by atoms with van der Waals surface area (Å²) >= 11 is 0. The summed E-state index contributed by atoms with van der Waals surface area (Å²) in [6, 6.07) is 12.2. The van der Waals surface area contributed by atoms with Crippen LogP contribution in [0.25, 0.3) is 0 Å². The van der Waals surface area contributed by atoms with E-state index in [2.05, 4.69) is 5.32 Å². The van der Waals surface area contributed by atoms with Crippen LogP contribution in [0.5, 0.6) is 0 Å². The fourth-order valence-electron chi connectivity index (χ4n) is 3.45. The van der Waals surface area contributed by atoms with Crippen LogP contribution >= 0.6 is 0 Å². The van der Waals surface area contributed by atoms with Gasteiger partial charge in [-0.1, -0.05) is 36.1 Å². The van der Waals surface area contributed by atoms with Crippen molar-refractivity contribution in [3.63, 3.8) is 0 Å². The van der Waals surface area contributed by atoms with Crippen molar-refractivity contribution in [2.24, 2.45) is 0 Å². The Hall–Kier alpha value is -2.14. The van der Waals surface area contributed by atoms with Gasteiger partial charge in [0.25, 0.3) is 5.91 Å². The molecule has 2 aromatic rings. The Morgan fingerprint density at radius 3 is 2.28 bits per heavy atom. The third-order valence-corrected chi connectivity index (χ3v) is 6.91. The third kappa shape index (κ3) is 3.93. The van der Waals surface area contributed by atoms with E-state index in [0.29, 0.717) is 11.3 Å². The van der Waals surface area contributed by atoms with E-state index in [1.54, 1.807) is 24.3 Å². The molecular weight excluding hydrogens is 334 g/mol. The molecule has 0 heterocycles. The molecule has 0 unspecified atom stereocenters. The van der Waals surface area contributed by atoms with Gasteiger partial charge in [0, 0.05) is 11.3 Å². The lowest BCUT2D eigenvalue weighted by molar-refractivity contribution is 0.102. The van der Waals surface area contributed by atoms with Gasteiger partial charge in [0.05, 0.1) is 10.1 Å². The molecule has 0 spiro atoms. The van der Waals surface area contributed by atoms with Crippen LogP contribution in [0.2, 0.25) is 0 Å². The molecule has 0 aliphatic heterocycles. The molecule has 1 amide bonds. The van der Waals surface area contributed by atoms with Crippen LogP contribution in [-0.2, 0) is 9.84 Å². The molecule has 0 radical (unpaired) electrons. The van der Waals surface area contributed by atoms with Crippen LogP contribution in [0, 0.1) is 13.8 Å². The van der Waals surface area contributed by atoms with Gasteiger partial charge in [0.15, 0.2) is 9.84 Å². The van der Waals surface area contributed by atoms with Crippen molar-refractivity contribution >= 4 is 21.4 Å². The molecule has 4 nitrogen and oxygen atoms in total. The monoisotopic (exact) mass is 357 g/mol. The Balaban J connectivity index is 1.83. The maximum atomic E-state index is 12.7. The molecule has 1 aliphatic rings. The Morgan fingerprint density at radius 1 is 1.00 bits per heavy atom. The summed E-state index contributed by atoms with van der Waals surface area (Å²) in [6.07, 6.45) is 3.38. The van der Waals surface area contributed by atoms with Gasteiger partial charge in [0.2, 0.25) is 0 Å². The Labute approximate surface area is 149 Å². The number of nitrogens with one attached hydrogen (secondary N) is 1. The number of anilines is 1.